The molecule has 0 atom stereocenters. The summed E-state index contributed by atoms with van der Waals surface area (Å²) in [6.45, 7) is 8.00. The van der Waals surface area contributed by atoms with Crippen molar-refractivity contribution in [1.29, 1.82) is 0 Å². The number of nitrogens with zero attached hydrogens (tertiary/aromatic N) is 4. The summed E-state index contributed by atoms with van der Waals surface area (Å²) < 4.78 is 0. The number of aromatic nitrogens is 1. The van der Waals surface area contributed by atoms with Gasteiger partial charge in [0.25, 0.3) is 11.8 Å². The third kappa shape index (κ3) is 4.26. The van der Waals surface area contributed by atoms with Crippen molar-refractivity contribution in [2.24, 2.45) is 4.99 Å². The van der Waals surface area contributed by atoms with Gasteiger partial charge in [0, 0.05) is 30.6 Å². The van der Waals surface area contributed by atoms with Crippen molar-refractivity contribution in [1.82, 2.24) is 20.1 Å². The molecule has 4 rings (SSSR count). The highest BCUT2D eigenvalue weighted by molar-refractivity contribution is 6.19. The molecule has 0 saturated heterocycles. The van der Waals surface area contributed by atoms with Gasteiger partial charge in [-0.15, -0.1) is 0 Å². The molecule has 1 saturated carbocycles. The van der Waals surface area contributed by atoms with Gasteiger partial charge in [-0.2, -0.15) is 0 Å². The fraction of sp³-hybridized carbons (Fsp3) is 0.375. The number of pyridine rings is 1. The largest absolute Gasteiger partial charge is 0.357 e. The minimum absolute atomic E-state index is 0.0203. The third-order valence-electron chi connectivity index (χ3n) is 6.08. The molecule has 1 aromatic heterocycles. The van der Waals surface area contributed by atoms with E-state index in [0.717, 1.165) is 36.0 Å². The minimum atomic E-state index is -0.311. The summed E-state index contributed by atoms with van der Waals surface area (Å²) in [6, 6.07) is 3.85. The summed E-state index contributed by atoms with van der Waals surface area (Å²) in [5.74, 6) is -0.425. The summed E-state index contributed by atoms with van der Waals surface area (Å²) in [4.78, 5) is 49.5. The molecular formula is C24H27N5O3. The van der Waals surface area contributed by atoms with E-state index >= 15 is 0 Å². The van der Waals surface area contributed by atoms with Crippen LogP contribution in [0.3, 0.4) is 0 Å². The lowest BCUT2D eigenvalue weighted by Crippen LogP contribution is -2.41. The zero-order chi connectivity index (χ0) is 22.8. The molecule has 1 aromatic rings. The van der Waals surface area contributed by atoms with Crippen molar-refractivity contribution in [3.63, 3.8) is 0 Å². The van der Waals surface area contributed by atoms with Crippen molar-refractivity contribution in [3.8, 4) is 0 Å². The van der Waals surface area contributed by atoms with E-state index in [-0.39, 0.29) is 30.3 Å². The summed E-state index contributed by atoms with van der Waals surface area (Å²) in [5, 5.41) is 2.77. The van der Waals surface area contributed by atoms with Gasteiger partial charge in [0.1, 0.15) is 11.5 Å². The topological polar surface area (TPSA) is 95.0 Å². The van der Waals surface area contributed by atoms with Gasteiger partial charge in [0.05, 0.1) is 6.54 Å². The number of carbonyl (C=O) groups excluding carboxylic acids is 3. The molecule has 0 bridgehead atoms. The van der Waals surface area contributed by atoms with Crippen molar-refractivity contribution in [3.05, 3.63) is 58.8 Å². The van der Waals surface area contributed by atoms with E-state index in [1.165, 1.54) is 4.90 Å². The van der Waals surface area contributed by atoms with Gasteiger partial charge in [0.15, 0.2) is 0 Å². The first-order chi connectivity index (χ1) is 15.4. The molecule has 166 valence electrons. The smallest absolute Gasteiger partial charge is 0.277 e. The van der Waals surface area contributed by atoms with Crippen LogP contribution in [0.2, 0.25) is 0 Å². The minimum Gasteiger partial charge on any atom is -0.357 e. The molecule has 0 spiro atoms. The average Bonchev–Trinajstić information content (AvgIpc) is 3.59. The molecule has 0 aromatic carbocycles. The Kier molecular flexibility index (Phi) is 6.03. The van der Waals surface area contributed by atoms with Gasteiger partial charge in [-0.25, -0.2) is 4.99 Å². The third-order valence-corrected chi connectivity index (χ3v) is 6.08. The van der Waals surface area contributed by atoms with E-state index in [2.05, 4.69) is 22.0 Å². The highest BCUT2D eigenvalue weighted by atomic mass is 16.2. The highest BCUT2D eigenvalue weighted by Gasteiger charge is 2.48. The monoisotopic (exact) mass is 433 g/mol. The van der Waals surface area contributed by atoms with Crippen LogP contribution in [0.15, 0.2) is 58.3 Å². The second-order valence-corrected chi connectivity index (χ2v) is 8.35. The molecule has 0 radical (unpaired) electrons. The average molecular weight is 434 g/mol. The van der Waals surface area contributed by atoms with Crippen molar-refractivity contribution >= 4 is 30.0 Å². The molecule has 8 nitrogen and oxygen atoms in total. The van der Waals surface area contributed by atoms with E-state index in [1.54, 1.807) is 23.4 Å². The molecule has 0 unspecified atom stereocenters. The molecular weight excluding hydrogens is 406 g/mol. The summed E-state index contributed by atoms with van der Waals surface area (Å²) in [7, 11) is 0. The van der Waals surface area contributed by atoms with Gasteiger partial charge in [-0.3, -0.25) is 24.3 Å². The fourth-order valence-corrected chi connectivity index (χ4v) is 4.12. The van der Waals surface area contributed by atoms with Crippen LogP contribution in [0.4, 0.5) is 0 Å². The number of rotatable bonds is 7. The SMILES string of the molecule is C=N/C(=C\C(C)=C(/C)c1cccnc1)NC(=O)CN1CCCC2=C1C(=O)N(C1CC1)C2=O. The van der Waals surface area contributed by atoms with Gasteiger partial charge < -0.3 is 10.2 Å². The Labute approximate surface area is 187 Å². The van der Waals surface area contributed by atoms with Crippen LogP contribution in [-0.2, 0) is 14.4 Å². The quantitative estimate of drug-likeness (QED) is 0.405. The number of hydrogen-bond acceptors (Lipinski definition) is 6. The zero-order valence-electron chi connectivity index (χ0n) is 18.4. The molecule has 1 aliphatic carbocycles. The molecule has 1 fully saturated rings. The Morgan fingerprint density at radius 3 is 2.75 bits per heavy atom. The maximum Gasteiger partial charge on any atom is 0.277 e. The molecule has 2 aliphatic heterocycles. The predicted octanol–water partition coefficient (Wildman–Crippen LogP) is 2.41. The van der Waals surface area contributed by atoms with Crippen molar-refractivity contribution in [2.45, 2.75) is 45.6 Å². The second-order valence-electron chi connectivity index (χ2n) is 8.35. The Bertz CT molecular complexity index is 1070. The summed E-state index contributed by atoms with van der Waals surface area (Å²) in [6.07, 6.45) is 8.29. The molecule has 3 heterocycles. The van der Waals surface area contributed by atoms with Crippen LogP contribution < -0.4 is 5.32 Å². The van der Waals surface area contributed by atoms with E-state index in [1.807, 2.05) is 26.0 Å². The Hall–Kier alpha value is -3.55. The first-order valence-corrected chi connectivity index (χ1v) is 10.8. The van der Waals surface area contributed by atoms with Gasteiger partial charge in [-0.05, 0) is 75.1 Å². The van der Waals surface area contributed by atoms with Crippen LogP contribution in [0.1, 0.15) is 45.1 Å². The van der Waals surface area contributed by atoms with Crippen LogP contribution in [0.25, 0.3) is 5.57 Å². The summed E-state index contributed by atoms with van der Waals surface area (Å²) in [5.41, 5.74) is 3.84. The van der Waals surface area contributed by atoms with E-state index in [4.69, 9.17) is 0 Å². The van der Waals surface area contributed by atoms with Crippen molar-refractivity contribution in [2.75, 3.05) is 13.1 Å². The van der Waals surface area contributed by atoms with Crippen LogP contribution >= 0.6 is 0 Å². The fourth-order valence-electron chi connectivity index (χ4n) is 4.12. The molecule has 1 N–H and O–H groups in total. The number of allylic oxidation sites excluding steroid dienone is 3. The molecule has 3 aliphatic rings. The lowest BCUT2D eigenvalue weighted by molar-refractivity contribution is -0.138. The Morgan fingerprint density at radius 1 is 1.31 bits per heavy atom. The maximum absolute atomic E-state index is 12.9. The summed E-state index contributed by atoms with van der Waals surface area (Å²) >= 11 is 0. The van der Waals surface area contributed by atoms with E-state index in [9.17, 15) is 14.4 Å². The molecule has 3 amide bonds. The van der Waals surface area contributed by atoms with Crippen LogP contribution in [-0.4, -0.2) is 58.4 Å². The predicted molar refractivity (Wildman–Crippen MR) is 121 cm³/mol. The number of aliphatic imine (C=N–C) groups is 1. The first kappa shape index (κ1) is 21.7. The lowest BCUT2D eigenvalue weighted by atomic mass is 10.0. The van der Waals surface area contributed by atoms with E-state index in [0.29, 0.717) is 30.1 Å². The lowest BCUT2D eigenvalue weighted by Gasteiger charge is -2.28. The standard InChI is InChI=1S/C24H27N5O3/c1-15(16(2)17-6-4-10-26-13-17)12-20(25-3)27-21(30)14-28-11-5-7-19-22(28)24(32)29(23(19)31)18-8-9-18/h4,6,10,12-13,18H,3,5,7-9,11,14H2,1-2H3,(H,27,30)/b16-15+,20-12+. The van der Waals surface area contributed by atoms with Crippen molar-refractivity contribution < 1.29 is 14.4 Å². The number of amides is 3. The first-order valence-electron chi connectivity index (χ1n) is 10.8. The highest BCUT2D eigenvalue weighted by Crippen LogP contribution is 2.38. The van der Waals surface area contributed by atoms with Gasteiger partial charge in [-0.1, -0.05) is 6.07 Å². The normalized spacial score (nSPS) is 19.8. The molecule has 32 heavy (non-hydrogen) atoms. The number of nitrogens with one attached hydrogen (secondary N) is 1. The van der Waals surface area contributed by atoms with Gasteiger partial charge in [0.2, 0.25) is 5.91 Å². The Balaban J connectivity index is 1.46. The number of imide groups is 1. The van der Waals surface area contributed by atoms with E-state index < -0.39 is 0 Å². The number of carbonyl (C=O) groups is 3. The van der Waals surface area contributed by atoms with Gasteiger partial charge >= 0.3 is 0 Å². The second kappa shape index (κ2) is 8.90. The van der Waals surface area contributed by atoms with Crippen LogP contribution in [0.5, 0.6) is 0 Å². The zero-order valence-corrected chi connectivity index (χ0v) is 18.4. The molecule has 8 heteroatoms. The maximum atomic E-state index is 12.9. The van der Waals surface area contributed by atoms with Crippen LogP contribution in [0, 0.1) is 0 Å². The Morgan fingerprint density at radius 2 is 2.09 bits per heavy atom. The number of hydrogen-bond donors (Lipinski definition) is 1.